The molecule has 8 heteroatoms. The van der Waals surface area contributed by atoms with E-state index in [1.807, 2.05) is 36.5 Å². The average molecular weight is 436 g/mol. The van der Waals surface area contributed by atoms with Gasteiger partial charge < -0.3 is 19.5 Å². The van der Waals surface area contributed by atoms with E-state index in [4.69, 9.17) is 17.0 Å². The second-order valence-electron chi connectivity index (χ2n) is 7.45. The number of aryl methyl sites for hydroxylation is 1. The molecule has 2 atom stereocenters. The van der Waals surface area contributed by atoms with E-state index in [-0.39, 0.29) is 18.1 Å². The molecule has 0 aromatic carbocycles. The van der Waals surface area contributed by atoms with E-state index in [1.165, 1.54) is 7.11 Å². The predicted molar refractivity (Wildman–Crippen MR) is 122 cm³/mol. The standard InChI is InChI=1S/C23H25N5O2S/c1-16-10-11-19(28(16)17-7-5-12-24-15-17)22-21(18-8-3-4-13-25-18)26-23(31)27(22)14-6-9-20(29)30-2/h3-5,7-8,10-13,15,21-22H,6,9,14H2,1-2H3,(H,26,31)/t21-,22+/m0/s1. The molecule has 160 valence electrons. The van der Waals surface area contributed by atoms with Gasteiger partial charge in [-0.25, -0.2) is 0 Å². The van der Waals surface area contributed by atoms with Gasteiger partial charge in [0.15, 0.2) is 5.11 Å². The molecule has 0 unspecified atom stereocenters. The van der Waals surface area contributed by atoms with Crippen LogP contribution in [0.1, 0.15) is 42.0 Å². The van der Waals surface area contributed by atoms with Gasteiger partial charge in [-0.2, -0.15) is 0 Å². The van der Waals surface area contributed by atoms with Crippen molar-refractivity contribution in [3.8, 4) is 5.69 Å². The molecule has 0 spiro atoms. The van der Waals surface area contributed by atoms with Crippen LogP contribution in [-0.4, -0.2) is 44.2 Å². The summed E-state index contributed by atoms with van der Waals surface area (Å²) in [5.41, 5.74) is 4.11. The molecule has 4 heterocycles. The Hall–Kier alpha value is -3.26. The smallest absolute Gasteiger partial charge is 0.305 e. The number of pyridine rings is 2. The normalized spacial score (nSPS) is 18.1. The molecule has 0 radical (unpaired) electrons. The molecule has 7 nitrogen and oxygen atoms in total. The number of aromatic nitrogens is 3. The third-order valence-electron chi connectivity index (χ3n) is 5.52. The van der Waals surface area contributed by atoms with Gasteiger partial charge in [0.05, 0.1) is 36.8 Å². The topological polar surface area (TPSA) is 72.3 Å². The maximum absolute atomic E-state index is 11.6. The summed E-state index contributed by atoms with van der Waals surface area (Å²) in [5, 5.41) is 4.11. The second-order valence-corrected chi connectivity index (χ2v) is 7.83. The van der Waals surface area contributed by atoms with Gasteiger partial charge in [-0.1, -0.05) is 6.07 Å². The minimum Gasteiger partial charge on any atom is -0.469 e. The Kier molecular flexibility index (Phi) is 6.27. The van der Waals surface area contributed by atoms with E-state index in [9.17, 15) is 4.79 Å². The van der Waals surface area contributed by atoms with Crippen LogP contribution in [0.15, 0.2) is 61.1 Å². The molecule has 1 aliphatic rings. The first-order chi connectivity index (χ1) is 15.1. The van der Waals surface area contributed by atoms with Crippen molar-refractivity contribution in [3.63, 3.8) is 0 Å². The van der Waals surface area contributed by atoms with Gasteiger partial charge in [-0.05, 0) is 62.0 Å². The first-order valence-electron chi connectivity index (χ1n) is 10.2. The highest BCUT2D eigenvalue weighted by Gasteiger charge is 2.41. The van der Waals surface area contributed by atoms with Crippen LogP contribution in [0.2, 0.25) is 0 Å². The summed E-state index contributed by atoms with van der Waals surface area (Å²) in [7, 11) is 1.41. The number of carbonyl (C=O) groups is 1. The van der Waals surface area contributed by atoms with Crippen LogP contribution in [0.3, 0.4) is 0 Å². The Balaban J connectivity index is 1.74. The average Bonchev–Trinajstić information content (AvgIpc) is 3.34. The first-order valence-corrected chi connectivity index (χ1v) is 10.6. The van der Waals surface area contributed by atoms with Crippen molar-refractivity contribution < 1.29 is 9.53 Å². The fraction of sp³-hybridized carbons (Fsp3) is 0.304. The highest BCUT2D eigenvalue weighted by Crippen LogP contribution is 2.40. The van der Waals surface area contributed by atoms with Gasteiger partial charge >= 0.3 is 5.97 Å². The molecule has 1 saturated heterocycles. The number of thiocarbonyl (C=S) groups is 1. The molecule has 0 amide bonds. The minimum absolute atomic E-state index is 0.0889. The fourth-order valence-electron chi connectivity index (χ4n) is 4.09. The lowest BCUT2D eigenvalue weighted by Gasteiger charge is -2.29. The monoisotopic (exact) mass is 435 g/mol. The van der Waals surface area contributed by atoms with Crippen molar-refractivity contribution >= 4 is 23.3 Å². The number of nitrogens with zero attached hydrogens (tertiary/aromatic N) is 4. The molecule has 1 fully saturated rings. The van der Waals surface area contributed by atoms with Crippen LogP contribution in [-0.2, 0) is 9.53 Å². The Bertz CT molecular complexity index is 1050. The zero-order valence-corrected chi connectivity index (χ0v) is 18.4. The lowest BCUT2D eigenvalue weighted by atomic mass is 10.0. The molecule has 1 aliphatic heterocycles. The van der Waals surface area contributed by atoms with Crippen LogP contribution in [0.4, 0.5) is 0 Å². The van der Waals surface area contributed by atoms with Crippen LogP contribution in [0.5, 0.6) is 0 Å². The van der Waals surface area contributed by atoms with Gasteiger partial charge in [0.1, 0.15) is 0 Å². The van der Waals surface area contributed by atoms with E-state index in [0.29, 0.717) is 24.5 Å². The SMILES string of the molecule is COC(=O)CCCN1C(=S)N[C@@H](c2ccccn2)[C@H]1c1ccc(C)n1-c1cccnc1. The number of ether oxygens (including phenoxy) is 1. The van der Waals surface area contributed by atoms with Gasteiger partial charge in [-0.15, -0.1) is 0 Å². The maximum atomic E-state index is 11.6. The third kappa shape index (κ3) is 4.29. The van der Waals surface area contributed by atoms with E-state index < -0.39 is 0 Å². The Morgan fingerprint density at radius 3 is 2.77 bits per heavy atom. The van der Waals surface area contributed by atoms with Crippen LogP contribution >= 0.6 is 12.2 Å². The summed E-state index contributed by atoms with van der Waals surface area (Å²) in [5.74, 6) is -0.217. The Morgan fingerprint density at radius 1 is 1.19 bits per heavy atom. The number of rotatable bonds is 7. The zero-order valence-electron chi connectivity index (χ0n) is 17.6. The molecule has 0 bridgehead atoms. The molecule has 31 heavy (non-hydrogen) atoms. The van der Waals surface area contributed by atoms with Gasteiger partial charge in [0.2, 0.25) is 0 Å². The molecule has 1 N–H and O–H groups in total. The number of esters is 1. The third-order valence-corrected chi connectivity index (χ3v) is 5.87. The summed E-state index contributed by atoms with van der Waals surface area (Å²) in [6, 6.07) is 13.9. The summed E-state index contributed by atoms with van der Waals surface area (Å²) in [6.07, 6.45) is 6.41. The molecule has 3 aromatic heterocycles. The largest absolute Gasteiger partial charge is 0.469 e. The molecular formula is C23H25N5O2S. The number of carbonyl (C=O) groups excluding carboxylic acids is 1. The molecular weight excluding hydrogens is 410 g/mol. The van der Waals surface area contributed by atoms with Gasteiger partial charge in [-0.3, -0.25) is 14.8 Å². The van der Waals surface area contributed by atoms with Crippen molar-refractivity contribution in [2.45, 2.75) is 31.8 Å². The summed E-state index contributed by atoms with van der Waals surface area (Å²) < 4.78 is 7.00. The lowest BCUT2D eigenvalue weighted by Crippen LogP contribution is -2.31. The van der Waals surface area contributed by atoms with Gasteiger partial charge in [0, 0.05) is 36.7 Å². The number of methoxy groups -OCH3 is 1. The number of hydrogen-bond acceptors (Lipinski definition) is 5. The minimum atomic E-state index is -0.217. The molecule has 0 aliphatic carbocycles. The Labute approximate surface area is 187 Å². The van der Waals surface area contributed by atoms with Crippen LogP contribution in [0, 0.1) is 6.92 Å². The highest BCUT2D eigenvalue weighted by molar-refractivity contribution is 7.80. The van der Waals surface area contributed by atoms with E-state index in [1.54, 1.807) is 12.4 Å². The maximum Gasteiger partial charge on any atom is 0.305 e. The highest BCUT2D eigenvalue weighted by atomic mass is 32.1. The van der Waals surface area contributed by atoms with E-state index >= 15 is 0 Å². The lowest BCUT2D eigenvalue weighted by molar-refractivity contribution is -0.140. The fourth-order valence-corrected chi connectivity index (χ4v) is 4.42. The predicted octanol–water partition coefficient (Wildman–Crippen LogP) is 3.50. The van der Waals surface area contributed by atoms with Crippen molar-refractivity contribution in [2.24, 2.45) is 0 Å². The van der Waals surface area contributed by atoms with Crippen molar-refractivity contribution in [2.75, 3.05) is 13.7 Å². The van der Waals surface area contributed by atoms with Crippen LogP contribution in [0.25, 0.3) is 5.69 Å². The number of nitrogens with one attached hydrogen (secondary N) is 1. The quantitative estimate of drug-likeness (QED) is 0.450. The Morgan fingerprint density at radius 2 is 2.06 bits per heavy atom. The first kappa shape index (κ1) is 21.0. The number of hydrogen-bond donors (Lipinski definition) is 1. The zero-order chi connectivity index (χ0) is 21.8. The van der Waals surface area contributed by atoms with Crippen molar-refractivity contribution in [1.29, 1.82) is 0 Å². The second kappa shape index (κ2) is 9.26. The molecule has 3 aromatic rings. The summed E-state index contributed by atoms with van der Waals surface area (Å²) in [4.78, 5) is 22.7. The van der Waals surface area contributed by atoms with Crippen molar-refractivity contribution in [3.05, 3.63) is 78.1 Å². The molecule has 4 rings (SSSR count). The summed E-state index contributed by atoms with van der Waals surface area (Å²) in [6.45, 7) is 2.71. The molecule has 0 saturated carbocycles. The van der Waals surface area contributed by atoms with E-state index in [0.717, 1.165) is 22.8 Å². The van der Waals surface area contributed by atoms with Crippen molar-refractivity contribution in [1.82, 2.24) is 24.8 Å². The van der Waals surface area contributed by atoms with Crippen LogP contribution < -0.4 is 5.32 Å². The van der Waals surface area contributed by atoms with E-state index in [2.05, 4.69) is 43.8 Å². The van der Waals surface area contributed by atoms with Gasteiger partial charge in [0.25, 0.3) is 0 Å². The summed E-state index contributed by atoms with van der Waals surface area (Å²) >= 11 is 5.72.